The number of hydrogen-bond donors (Lipinski definition) is 0. The topological polar surface area (TPSA) is 0 Å². The van der Waals surface area contributed by atoms with E-state index < -0.39 is 0 Å². The third-order valence-electron chi connectivity index (χ3n) is 2.06. The number of hydrogen-bond acceptors (Lipinski definition) is 0. The molecule has 0 spiro atoms. The number of halogens is 1. The molecule has 1 heteroatoms. The lowest BCUT2D eigenvalue weighted by Gasteiger charge is -2.05. The average molecular weight is 181 g/mol. The van der Waals surface area contributed by atoms with E-state index in [4.69, 9.17) is 11.6 Å². The van der Waals surface area contributed by atoms with Gasteiger partial charge in [0.15, 0.2) is 0 Å². The molecule has 0 heterocycles. The third kappa shape index (κ3) is 1.89. The first-order valence-electron chi connectivity index (χ1n) is 4.04. The fourth-order valence-electron chi connectivity index (χ4n) is 1.17. The minimum atomic E-state index is 0.803. The molecule has 0 bridgehead atoms. The van der Waals surface area contributed by atoms with Crippen LogP contribution < -0.4 is 0 Å². The van der Waals surface area contributed by atoms with E-state index in [1.165, 1.54) is 16.7 Å². The van der Waals surface area contributed by atoms with Crippen LogP contribution in [0.2, 0.25) is 5.02 Å². The Labute approximate surface area is 78.9 Å². The van der Waals surface area contributed by atoms with Gasteiger partial charge in [0.1, 0.15) is 0 Å². The Kier molecular flexibility index (Phi) is 2.93. The van der Waals surface area contributed by atoms with Crippen molar-refractivity contribution in [2.75, 3.05) is 0 Å². The summed E-state index contributed by atoms with van der Waals surface area (Å²) in [5.74, 6) is 0. The summed E-state index contributed by atoms with van der Waals surface area (Å²) in [6, 6.07) is 5.97. The summed E-state index contributed by atoms with van der Waals surface area (Å²) in [6.45, 7) is 6.23. The zero-order valence-corrected chi connectivity index (χ0v) is 8.44. The monoisotopic (exact) mass is 180 g/mol. The van der Waals surface area contributed by atoms with Crippen LogP contribution in [0, 0.1) is 6.92 Å². The van der Waals surface area contributed by atoms with E-state index in [1.807, 2.05) is 25.1 Å². The molecule has 0 aliphatic rings. The van der Waals surface area contributed by atoms with Gasteiger partial charge >= 0.3 is 0 Å². The normalized spacial score (nSPS) is 11.8. The van der Waals surface area contributed by atoms with E-state index in [-0.39, 0.29) is 0 Å². The molecular weight excluding hydrogens is 168 g/mol. The molecule has 0 aromatic heterocycles. The first kappa shape index (κ1) is 9.34. The summed E-state index contributed by atoms with van der Waals surface area (Å²) in [7, 11) is 0. The molecule has 0 N–H and O–H groups in total. The van der Waals surface area contributed by atoms with Gasteiger partial charge in [0, 0.05) is 5.02 Å². The Morgan fingerprint density at radius 1 is 1.42 bits per heavy atom. The quantitative estimate of drug-likeness (QED) is 0.611. The van der Waals surface area contributed by atoms with Crippen LogP contribution in [0.1, 0.15) is 25.0 Å². The van der Waals surface area contributed by atoms with Gasteiger partial charge in [-0.2, -0.15) is 0 Å². The second-order valence-electron chi connectivity index (χ2n) is 2.93. The van der Waals surface area contributed by atoms with E-state index in [0.29, 0.717) is 0 Å². The molecule has 64 valence electrons. The predicted octanol–water partition coefficient (Wildman–Crippen LogP) is 4.07. The van der Waals surface area contributed by atoms with E-state index in [0.717, 1.165) is 5.02 Å². The second kappa shape index (κ2) is 3.77. The standard InChI is InChI=1S/C11H13Cl/c1-4-8(2)11-7-10(12)6-5-9(11)3/h4-7H,1-3H3/b8-4-. The van der Waals surface area contributed by atoms with Gasteiger partial charge in [0.2, 0.25) is 0 Å². The highest BCUT2D eigenvalue weighted by Crippen LogP contribution is 2.22. The molecule has 0 saturated carbocycles. The van der Waals surface area contributed by atoms with E-state index in [2.05, 4.69) is 19.9 Å². The fourth-order valence-corrected chi connectivity index (χ4v) is 1.35. The Balaban J connectivity index is 3.23. The minimum absolute atomic E-state index is 0.803. The van der Waals surface area contributed by atoms with Gasteiger partial charge in [-0.25, -0.2) is 0 Å². The smallest absolute Gasteiger partial charge is 0.0412 e. The van der Waals surface area contributed by atoms with Gasteiger partial charge in [-0.3, -0.25) is 0 Å². The molecule has 1 rings (SSSR count). The van der Waals surface area contributed by atoms with E-state index in [9.17, 15) is 0 Å². The lowest BCUT2D eigenvalue weighted by atomic mass is 10.0. The summed E-state index contributed by atoms with van der Waals surface area (Å²) in [4.78, 5) is 0. The highest BCUT2D eigenvalue weighted by molar-refractivity contribution is 6.30. The molecule has 0 fully saturated rings. The van der Waals surface area contributed by atoms with Crippen molar-refractivity contribution in [3.05, 3.63) is 40.4 Å². The zero-order valence-electron chi connectivity index (χ0n) is 7.69. The lowest BCUT2D eigenvalue weighted by Crippen LogP contribution is -1.84. The Bertz CT molecular complexity index is 311. The Morgan fingerprint density at radius 2 is 2.08 bits per heavy atom. The van der Waals surface area contributed by atoms with Crippen molar-refractivity contribution in [3.8, 4) is 0 Å². The number of rotatable bonds is 1. The highest BCUT2D eigenvalue weighted by Gasteiger charge is 1.99. The first-order chi connectivity index (χ1) is 5.65. The van der Waals surface area contributed by atoms with Crippen LogP contribution in [-0.4, -0.2) is 0 Å². The summed E-state index contributed by atoms with van der Waals surface area (Å²) in [5.41, 5.74) is 3.79. The van der Waals surface area contributed by atoms with Crippen molar-refractivity contribution in [1.82, 2.24) is 0 Å². The van der Waals surface area contributed by atoms with Crippen molar-refractivity contribution in [1.29, 1.82) is 0 Å². The summed E-state index contributed by atoms with van der Waals surface area (Å²) in [5, 5.41) is 0.803. The van der Waals surface area contributed by atoms with Gasteiger partial charge in [-0.1, -0.05) is 23.7 Å². The van der Waals surface area contributed by atoms with Crippen LogP contribution in [0.5, 0.6) is 0 Å². The first-order valence-corrected chi connectivity index (χ1v) is 4.42. The van der Waals surface area contributed by atoms with Crippen LogP contribution in [0.4, 0.5) is 0 Å². The van der Waals surface area contributed by atoms with Crippen LogP contribution in [-0.2, 0) is 0 Å². The second-order valence-corrected chi connectivity index (χ2v) is 3.37. The van der Waals surface area contributed by atoms with Gasteiger partial charge < -0.3 is 0 Å². The number of allylic oxidation sites excluding steroid dienone is 2. The van der Waals surface area contributed by atoms with Gasteiger partial charge in [0.25, 0.3) is 0 Å². The molecule has 1 aromatic carbocycles. The third-order valence-corrected chi connectivity index (χ3v) is 2.29. The van der Waals surface area contributed by atoms with Crippen molar-refractivity contribution >= 4 is 17.2 Å². The lowest BCUT2D eigenvalue weighted by molar-refractivity contribution is 1.40. The summed E-state index contributed by atoms with van der Waals surface area (Å²) in [6.07, 6.45) is 2.10. The predicted molar refractivity (Wildman–Crippen MR) is 55.5 cm³/mol. The molecule has 0 amide bonds. The van der Waals surface area contributed by atoms with Gasteiger partial charge in [0.05, 0.1) is 0 Å². The van der Waals surface area contributed by atoms with Gasteiger partial charge in [-0.15, -0.1) is 0 Å². The maximum atomic E-state index is 5.89. The SMILES string of the molecule is C/C=C(/C)c1cc(Cl)ccc1C. The Hall–Kier alpha value is -0.750. The molecule has 1 aromatic rings. The molecule has 0 radical (unpaired) electrons. The van der Waals surface area contributed by atoms with Crippen molar-refractivity contribution < 1.29 is 0 Å². The highest BCUT2D eigenvalue weighted by atomic mass is 35.5. The summed E-state index contributed by atoms with van der Waals surface area (Å²) >= 11 is 5.89. The largest absolute Gasteiger partial charge is 0.0843 e. The maximum absolute atomic E-state index is 5.89. The zero-order chi connectivity index (χ0) is 9.14. The molecule has 0 aliphatic heterocycles. The maximum Gasteiger partial charge on any atom is 0.0412 e. The van der Waals surface area contributed by atoms with E-state index in [1.54, 1.807) is 0 Å². The molecule has 12 heavy (non-hydrogen) atoms. The molecule has 0 saturated heterocycles. The van der Waals surface area contributed by atoms with Crippen molar-refractivity contribution in [2.45, 2.75) is 20.8 Å². The molecular formula is C11H13Cl. The molecule has 0 aliphatic carbocycles. The number of benzene rings is 1. The fraction of sp³-hybridized carbons (Fsp3) is 0.273. The van der Waals surface area contributed by atoms with Crippen molar-refractivity contribution in [3.63, 3.8) is 0 Å². The van der Waals surface area contributed by atoms with Crippen LogP contribution in [0.25, 0.3) is 5.57 Å². The van der Waals surface area contributed by atoms with Crippen molar-refractivity contribution in [2.24, 2.45) is 0 Å². The molecule has 0 unspecified atom stereocenters. The van der Waals surface area contributed by atoms with E-state index >= 15 is 0 Å². The Morgan fingerprint density at radius 3 is 2.67 bits per heavy atom. The van der Waals surface area contributed by atoms with Crippen LogP contribution in [0.15, 0.2) is 24.3 Å². The average Bonchev–Trinajstić information content (AvgIpc) is 2.08. The van der Waals surface area contributed by atoms with Gasteiger partial charge in [-0.05, 0) is 49.6 Å². The molecule has 0 nitrogen and oxygen atoms in total. The number of aryl methyl sites for hydroxylation is 1. The van der Waals surface area contributed by atoms with Crippen LogP contribution >= 0.6 is 11.6 Å². The van der Waals surface area contributed by atoms with Crippen LogP contribution in [0.3, 0.4) is 0 Å². The summed E-state index contributed by atoms with van der Waals surface area (Å²) < 4.78 is 0. The minimum Gasteiger partial charge on any atom is -0.0843 e. The molecule has 0 atom stereocenters.